The highest BCUT2D eigenvalue weighted by molar-refractivity contribution is 7.90. The van der Waals surface area contributed by atoms with E-state index in [0.717, 1.165) is 0 Å². The number of halogens is 2. The highest BCUT2D eigenvalue weighted by Crippen LogP contribution is 2.28. The minimum Gasteiger partial charge on any atom is -0.494 e. The van der Waals surface area contributed by atoms with Crippen LogP contribution in [0.5, 0.6) is 5.75 Å². The molecule has 7 heteroatoms. The third-order valence-electron chi connectivity index (χ3n) is 2.92. The van der Waals surface area contributed by atoms with Crippen molar-refractivity contribution in [1.29, 1.82) is 0 Å². The summed E-state index contributed by atoms with van der Waals surface area (Å²) in [7, 11) is -2.47. The monoisotopic (exact) mass is 329 g/mol. The molecular weight excluding hydrogens is 317 g/mol. The summed E-state index contributed by atoms with van der Waals surface area (Å²) < 4.78 is 43.6. The number of sulfone groups is 1. The van der Waals surface area contributed by atoms with E-state index in [0.29, 0.717) is 5.02 Å². The first-order valence-electron chi connectivity index (χ1n) is 5.94. The third kappa shape index (κ3) is 3.28. The molecule has 2 aromatic rings. The third-order valence-corrected chi connectivity index (χ3v) is 4.88. The van der Waals surface area contributed by atoms with Gasteiger partial charge in [0.15, 0.2) is 21.4 Å². The Morgan fingerprint density at radius 3 is 2.62 bits per heavy atom. The van der Waals surface area contributed by atoms with E-state index in [-0.39, 0.29) is 21.9 Å². The Balaban J connectivity index is 2.42. The van der Waals surface area contributed by atoms with Gasteiger partial charge in [0.05, 0.1) is 23.4 Å². The molecule has 0 aliphatic carbocycles. The SMILES string of the molecule is COc1cccc(CS(=O)(=O)c2ccc(Cl)cc2N)c1F. The van der Waals surface area contributed by atoms with E-state index < -0.39 is 21.4 Å². The highest BCUT2D eigenvalue weighted by Gasteiger charge is 2.21. The molecule has 2 rings (SSSR count). The van der Waals surface area contributed by atoms with Gasteiger partial charge in [0.25, 0.3) is 0 Å². The molecule has 2 N–H and O–H groups in total. The topological polar surface area (TPSA) is 69.4 Å². The standard InChI is InChI=1S/C14H13ClFNO3S/c1-20-12-4-2-3-9(14(12)16)8-21(18,19)13-6-5-10(15)7-11(13)17/h2-7H,8,17H2,1H3. The lowest BCUT2D eigenvalue weighted by atomic mass is 10.2. The molecule has 0 unspecified atom stereocenters. The molecule has 0 saturated heterocycles. The van der Waals surface area contributed by atoms with Crippen LogP contribution in [0.25, 0.3) is 0 Å². The molecule has 0 fully saturated rings. The van der Waals surface area contributed by atoms with Gasteiger partial charge in [-0.25, -0.2) is 12.8 Å². The number of nitrogens with two attached hydrogens (primary N) is 1. The average Bonchev–Trinajstić information content (AvgIpc) is 2.40. The zero-order valence-electron chi connectivity index (χ0n) is 11.1. The van der Waals surface area contributed by atoms with Crippen molar-refractivity contribution in [1.82, 2.24) is 0 Å². The van der Waals surface area contributed by atoms with Crippen LogP contribution in [0.1, 0.15) is 5.56 Å². The molecule has 21 heavy (non-hydrogen) atoms. The number of nitrogen functional groups attached to an aromatic ring is 1. The summed E-state index contributed by atoms with van der Waals surface area (Å²) in [6.07, 6.45) is 0. The van der Waals surface area contributed by atoms with Gasteiger partial charge in [-0.2, -0.15) is 0 Å². The fourth-order valence-electron chi connectivity index (χ4n) is 1.91. The number of methoxy groups -OCH3 is 1. The lowest BCUT2D eigenvalue weighted by Crippen LogP contribution is -2.09. The van der Waals surface area contributed by atoms with E-state index in [1.807, 2.05) is 0 Å². The van der Waals surface area contributed by atoms with Gasteiger partial charge in [-0.15, -0.1) is 0 Å². The number of hydrogen-bond donors (Lipinski definition) is 1. The summed E-state index contributed by atoms with van der Waals surface area (Å²) in [5, 5.41) is 0.332. The molecule has 0 spiro atoms. The molecule has 4 nitrogen and oxygen atoms in total. The average molecular weight is 330 g/mol. The Kier molecular flexibility index (Phi) is 4.39. The van der Waals surface area contributed by atoms with Crippen molar-refractivity contribution in [2.24, 2.45) is 0 Å². The van der Waals surface area contributed by atoms with E-state index in [1.165, 1.54) is 43.5 Å². The van der Waals surface area contributed by atoms with E-state index in [2.05, 4.69) is 0 Å². The van der Waals surface area contributed by atoms with Crippen molar-refractivity contribution in [2.75, 3.05) is 12.8 Å². The minimum absolute atomic E-state index is 0.00761. The minimum atomic E-state index is -3.79. The van der Waals surface area contributed by atoms with Crippen molar-refractivity contribution in [3.63, 3.8) is 0 Å². The van der Waals surface area contributed by atoms with Crippen LogP contribution in [0.15, 0.2) is 41.3 Å². The Morgan fingerprint density at radius 1 is 1.29 bits per heavy atom. The smallest absolute Gasteiger partial charge is 0.184 e. The Morgan fingerprint density at radius 2 is 2.00 bits per heavy atom. The Labute approximate surface area is 127 Å². The molecule has 0 saturated carbocycles. The fourth-order valence-corrected chi connectivity index (χ4v) is 3.57. The molecule has 112 valence electrons. The summed E-state index contributed by atoms with van der Waals surface area (Å²) in [4.78, 5) is -0.0749. The van der Waals surface area contributed by atoms with Gasteiger partial charge in [-0.1, -0.05) is 23.7 Å². The van der Waals surface area contributed by atoms with Crippen molar-refractivity contribution >= 4 is 27.1 Å². The molecule has 0 amide bonds. The van der Waals surface area contributed by atoms with E-state index >= 15 is 0 Å². The first kappa shape index (κ1) is 15.6. The van der Waals surface area contributed by atoms with E-state index in [9.17, 15) is 12.8 Å². The lowest BCUT2D eigenvalue weighted by molar-refractivity contribution is 0.385. The van der Waals surface area contributed by atoms with Crippen LogP contribution in [0.3, 0.4) is 0 Å². The molecule has 0 aliphatic heterocycles. The van der Waals surface area contributed by atoms with Crippen LogP contribution in [0.4, 0.5) is 10.1 Å². The lowest BCUT2D eigenvalue weighted by Gasteiger charge is -2.10. The summed E-state index contributed by atoms with van der Waals surface area (Å²) in [6, 6.07) is 8.41. The number of rotatable bonds is 4. The zero-order chi connectivity index (χ0) is 15.6. The van der Waals surface area contributed by atoms with Crippen molar-refractivity contribution in [3.8, 4) is 5.75 Å². The first-order valence-corrected chi connectivity index (χ1v) is 7.97. The normalized spacial score (nSPS) is 11.4. The highest BCUT2D eigenvalue weighted by atomic mass is 35.5. The Hall–Kier alpha value is -1.79. The Bertz CT molecular complexity index is 778. The van der Waals surface area contributed by atoms with Gasteiger partial charge >= 0.3 is 0 Å². The molecule has 0 bridgehead atoms. The van der Waals surface area contributed by atoms with E-state index in [1.54, 1.807) is 0 Å². The molecule has 0 atom stereocenters. The van der Waals surface area contributed by atoms with Gasteiger partial charge < -0.3 is 10.5 Å². The quantitative estimate of drug-likeness (QED) is 0.875. The summed E-state index contributed by atoms with van der Waals surface area (Å²) in [5.41, 5.74) is 5.72. The van der Waals surface area contributed by atoms with Crippen LogP contribution in [-0.2, 0) is 15.6 Å². The van der Waals surface area contributed by atoms with Crippen molar-refractivity contribution < 1.29 is 17.5 Å². The predicted octanol–water partition coefficient (Wildman–Crippen LogP) is 3.04. The maximum absolute atomic E-state index is 14.0. The van der Waals surface area contributed by atoms with Gasteiger partial charge in [-0.3, -0.25) is 0 Å². The second-order valence-electron chi connectivity index (χ2n) is 4.37. The second kappa shape index (κ2) is 5.91. The fraction of sp³-hybridized carbons (Fsp3) is 0.143. The predicted molar refractivity (Wildman–Crippen MR) is 79.7 cm³/mol. The molecule has 2 aromatic carbocycles. The maximum atomic E-state index is 14.0. The molecular formula is C14H13ClFNO3S. The first-order chi connectivity index (χ1) is 9.85. The molecule has 0 aromatic heterocycles. The number of benzene rings is 2. The summed E-state index contributed by atoms with van der Waals surface area (Å²) in [6.45, 7) is 0. The van der Waals surface area contributed by atoms with E-state index in [4.69, 9.17) is 22.1 Å². The largest absolute Gasteiger partial charge is 0.494 e. The number of ether oxygens (including phenoxy) is 1. The van der Waals surface area contributed by atoms with Gasteiger partial charge in [0, 0.05) is 10.6 Å². The number of hydrogen-bond acceptors (Lipinski definition) is 4. The zero-order valence-corrected chi connectivity index (χ0v) is 12.7. The van der Waals surface area contributed by atoms with Crippen LogP contribution in [0.2, 0.25) is 5.02 Å². The molecule has 0 radical (unpaired) electrons. The van der Waals surface area contributed by atoms with Gasteiger partial charge in [0.2, 0.25) is 0 Å². The summed E-state index contributed by atoms with van der Waals surface area (Å²) in [5.74, 6) is -1.22. The second-order valence-corrected chi connectivity index (χ2v) is 6.77. The molecule has 0 aliphatic rings. The van der Waals surface area contributed by atoms with Crippen LogP contribution >= 0.6 is 11.6 Å². The van der Waals surface area contributed by atoms with Crippen molar-refractivity contribution in [3.05, 3.63) is 52.8 Å². The van der Waals surface area contributed by atoms with Gasteiger partial charge in [-0.05, 0) is 24.3 Å². The van der Waals surface area contributed by atoms with Crippen LogP contribution in [0, 0.1) is 5.82 Å². The number of anilines is 1. The van der Waals surface area contributed by atoms with Crippen molar-refractivity contribution in [2.45, 2.75) is 10.6 Å². The molecule has 0 heterocycles. The summed E-state index contributed by atoms with van der Waals surface area (Å²) >= 11 is 5.74. The maximum Gasteiger partial charge on any atom is 0.184 e. The van der Waals surface area contributed by atoms with Crippen LogP contribution < -0.4 is 10.5 Å². The van der Waals surface area contributed by atoms with Gasteiger partial charge in [0.1, 0.15) is 0 Å². The van der Waals surface area contributed by atoms with Crippen LogP contribution in [-0.4, -0.2) is 15.5 Å².